The first-order chi connectivity index (χ1) is 10.1. The van der Waals surface area contributed by atoms with E-state index in [-0.39, 0.29) is 17.3 Å². The molecule has 0 radical (unpaired) electrons. The molecule has 0 saturated heterocycles. The molecule has 0 saturated carbocycles. The number of aryl methyl sites for hydroxylation is 1. The van der Waals surface area contributed by atoms with E-state index in [1.165, 1.54) is 30.3 Å². The normalized spacial score (nSPS) is 14.0. The Morgan fingerprint density at radius 3 is 2.62 bits per heavy atom. The van der Waals surface area contributed by atoms with E-state index in [1.54, 1.807) is 6.07 Å². The summed E-state index contributed by atoms with van der Waals surface area (Å²) in [7, 11) is 0. The lowest BCUT2D eigenvalue weighted by atomic mass is 9.98. The van der Waals surface area contributed by atoms with Crippen molar-refractivity contribution in [3.8, 4) is 11.5 Å². The molecule has 0 amide bonds. The van der Waals surface area contributed by atoms with E-state index in [0.29, 0.717) is 24.2 Å². The van der Waals surface area contributed by atoms with Crippen LogP contribution in [0.2, 0.25) is 0 Å². The average Bonchev–Trinajstić information content (AvgIpc) is 2.73. The van der Waals surface area contributed by atoms with Crippen LogP contribution in [-0.2, 0) is 6.42 Å². The molecule has 1 N–H and O–H groups in total. The zero-order chi connectivity index (χ0) is 14.8. The number of carbonyl (C=O) groups is 1. The molecule has 2 aromatic carbocycles. The predicted molar refractivity (Wildman–Crippen MR) is 76.4 cm³/mol. The van der Waals surface area contributed by atoms with Crippen molar-refractivity contribution in [2.24, 2.45) is 0 Å². The number of rotatable bonds is 2. The summed E-state index contributed by atoms with van der Waals surface area (Å²) in [6, 6.07) is 8.86. The van der Waals surface area contributed by atoms with Gasteiger partial charge in [0.15, 0.2) is 17.3 Å². The maximum atomic E-state index is 14.1. The smallest absolute Gasteiger partial charge is 0.193 e. The van der Waals surface area contributed by atoms with Gasteiger partial charge in [-0.15, -0.1) is 0 Å². The number of fused-ring (bicyclic) bond motifs is 1. The first-order valence-corrected chi connectivity index (χ1v) is 6.94. The first kappa shape index (κ1) is 13.6. The van der Waals surface area contributed by atoms with Crippen molar-refractivity contribution in [3.63, 3.8) is 0 Å². The van der Waals surface area contributed by atoms with Crippen LogP contribution in [0, 0.1) is 5.82 Å². The van der Waals surface area contributed by atoms with Gasteiger partial charge in [0.05, 0.1) is 6.61 Å². The van der Waals surface area contributed by atoms with E-state index in [9.17, 15) is 14.3 Å². The number of phenolic OH excluding ortho intramolecular Hbond substituents is 1. The zero-order valence-electron chi connectivity index (χ0n) is 11.4. The number of ether oxygens (including phenoxy) is 1. The van der Waals surface area contributed by atoms with Crippen LogP contribution in [0.25, 0.3) is 0 Å². The predicted octanol–water partition coefficient (Wildman–Crippen LogP) is 3.48. The minimum Gasteiger partial charge on any atom is -0.508 e. The number of phenols is 1. The van der Waals surface area contributed by atoms with Gasteiger partial charge >= 0.3 is 0 Å². The molecule has 3 rings (SSSR count). The van der Waals surface area contributed by atoms with E-state index in [4.69, 9.17) is 4.74 Å². The number of benzene rings is 2. The monoisotopic (exact) mass is 286 g/mol. The largest absolute Gasteiger partial charge is 0.508 e. The summed E-state index contributed by atoms with van der Waals surface area (Å²) >= 11 is 0. The molecule has 21 heavy (non-hydrogen) atoms. The van der Waals surface area contributed by atoms with Gasteiger partial charge in [-0.3, -0.25) is 4.79 Å². The third-order valence-corrected chi connectivity index (χ3v) is 3.60. The van der Waals surface area contributed by atoms with Crippen molar-refractivity contribution >= 4 is 5.78 Å². The molecule has 0 aliphatic carbocycles. The molecular weight excluding hydrogens is 271 g/mol. The molecule has 0 unspecified atom stereocenters. The van der Waals surface area contributed by atoms with Crippen LogP contribution in [0.15, 0.2) is 36.4 Å². The van der Waals surface area contributed by atoms with Crippen LogP contribution in [0.4, 0.5) is 4.39 Å². The maximum absolute atomic E-state index is 14.1. The fraction of sp³-hybridized carbons (Fsp3) is 0.235. The highest BCUT2D eigenvalue weighted by molar-refractivity contribution is 6.09. The summed E-state index contributed by atoms with van der Waals surface area (Å²) in [5, 5.41) is 9.25. The summed E-state index contributed by atoms with van der Waals surface area (Å²) in [4.78, 5) is 12.4. The van der Waals surface area contributed by atoms with E-state index < -0.39 is 5.82 Å². The highest BCUT2D eigenvalue weighted by atomic mass is 19.1. The maximum Gasteiger partial charge on any atom is 0.193 e. The van der Waals surface area contributed by atoms with Gasteiger partial charge in [-0.1, -0.05) is 0 Å². The standard InChI is InChI=1S/C17H15FO3/c18-15-10-13(9-12-3-1-2-8-21-17(12)15)16(20)11-4-6-14(19)7-5-11/h4-7,9-10,19H,1-3,8H2. The highest BCUT2D eigenvalue weighted by Crippen LogP contribution is 2.29. The van der Waals surface area contributed by atoms with Gasteiger partial charge in [-0.05, 0) is 61.2 Å². The molecule has 1 aliphatic heterocycles. The Hall–Kier alpha value is -2.36. The second-order valence-corrected chi connectivity index (χ2v) is 5.13. The molecule has 0 aromatic heterocycles. The van der Waals surface area contributed by atoms with Crippen LogP contribution in [0.3, 0.4) is 0 Å². The van der Waals surface area contributed by atoms with E-state index in [1.807, 2.05) is 0 Å². The van der Waals surface area contributed by atoms with Crippen molar-refractivity contribution in [2.75, 3.05) is 6.61 Å². The number of hydrogen-bond acceptors (Lipinski definition) is 3. The van der Waals surface area contributed by atoms with Crippen molar-refractivity contribution in [1.29, 1.82) is 0 Å². The minimum atomic E-state index is -0.489. The van der Waals surface area contributed by atoms with Crippen LogP contribution in [0.1, 0.15) is 34.3 Å². The Balaban J connectivity index is 1.99. The quantitative estimate of drug-likeness (QED) is 0.860. The Morgan fingerprint density at radius 2 is 1.86 bits per heavy atom. The summed E-state index contributed by atoms with van der Waals surface area (Å²) in [5.41, 5.74) is 1.47. The number of ketones is 1. The second-order valence-electron chi connectivity index (χ2n) is 5.13. The lowest BCUT2D eigenvalue weighted by Crippen LogP contribution is -2.05. The minimum absolute atomic E-state index is 0.0908. The van der Waals surface area contributed by atoms with Crippen molar-refractivity contribution in [3.05, 3.63) is 58.9 Å². The fourth-order valence-corrected chi connectivity index (χ4v) is 2.50. The van der Waals surface area contributed by atoms with Crippen LogP contribution < -0.4 is 4.74 Å². The number of carbonyl (C=O) groups excluding carboxylic acids is 1. The Labute approximate surface area is 122 Å². The Bertz CT molecular complexity index is 677. The van der Waals surface area contributed by atoms with Crippen molar-refractivity contribution in [2.45, 2.75) is 19.3 Å². The van der Waals surface area contributed by atoms with Gasteiger partial charge in [0.2, 0.25) is 0 Å². The number of halogens is 1. The van der Waals surface area contributed by atoms with Gasteiger partial charge in [0.25, 0.3) is 0 Å². The van der Waals surface area contributed by atoms with Gasteiger partial charge in [0, 0.05) is 11.1 Å². The lowest BCUT2D eigenvalue weighted by Gasteiger charge is -2.10. The molecule has 4 heteroatoms. The molecule has 2 aromatic rings. The molecule has 108 valence electrons. The third-order valence-electron chi connectivity index (χ3n) is 3.60. The first-order valence-electron chi connectivity index (χ1n) is 6.94. The Kier molecular flexibility index (Phi) is 3.60. The molecule has 0 bridgehead atoms. The van der Waals surface area contributed by atoms with Gasteiger partial charge in [0.1, 0.15) is 5.75 Å². The average molecular weight is 286 g/mol. The summed E-state index contributed by atoms with van der Waals surface area (Å²) in [5.74, 6) is -0.389. The van der Waals surface area contributed by atoms with E-state index in [2.05, 4.69) is 0 Å². The van der Waals surface area contributed by atoms with Crippen molar-refractivity contribution in [1.82, 2.24) is 0 Å². The fourth-order valence-electron chi connectivity index (χ4n) is 2.50. The van der Waals surface area contributed by atoms with E-state index in [0.717, 1.165) is 18.4 Å². The Morgan fingerprint density at radius 1 is 1.10 bits per heavy atom. The van der Waals surface area contributed by atoms with E-state index >= 15 is 0 Å². The molecule has 0 atom stereocenters. The third kappa shape index (κ3) is 2.75. The second kappa shape index (κ2) is 5.56. The molecule has 1 heterocycles. The number of aromatic hydroxyl groups is 1. The highest BCUT2D eigenvalue weighted by Gasteiger charge is 2.18. The molecule has 3 nitrogen and oxygen atoms in total. The van der Waals surface area contributed by atoms with Gasteiger partial charge in [-0.2, -0.15) is 0 Å². The molecule has 0 fully saturated rings. The summed E-state index contributed by atoms with van der Waals surface area (Å²) in [6.07, 6.45) is 2.52. The van der Waals surface area contributed by atoms with Crippen LogP contribution in [0.5, 0.6) is 11.5 Å². The zero-order valence-corrected chi connectivity index (χ0v) is 11.4. The topological polar surface area (TPSA) is 46.5 Å². The van der Waals surface area contributed by atoms with Gasteiger partial charge < -0.3 is 9.84 Å². The summed E-state index contributed by atoms with van der Waals surface area (Å²) < 4.78 is 19.6. The van der Waals surface area contributed by atoms with Crippen molar-refractivity contribution < 1.29 is 19.0 Å². The SMILES string of the molecule is O=C(c1ccc(O)cc1)c1cc(F)c2c(c1)CCCCO2. The van der Waals surface area contributed by atoms with Crippen LogP contribution in [-0.4, -0.2) is 17.5 Å². The lowest BCUT2D eigenvalue weighted by molar-refractivity contribution is 0.103. The molecular formula is C17H15FO3. The summed E-state index contributed by atoms with van der Waals surface area (Å²) in [6.45, 7) is 0.509. The van der Waals surface area contributed by atoms with Gasteiger partial charge in [-0.25, -0.2) is 4.39 Å². The molecule has 0 spiro atoms. The number of hydrogen-bond donors (Lipinski definition) is 1. The van der Waals surface area contributed by atoms with Crippen LogP contribution >= 0.6 is 0 Å². The molecule has 1 aliphatic rings.